The maximum Gasteiger partial charge on any atom is 0.213 e. The van der Waals surface area contributed by atoms with Gasteiger partial charge in [-0.05, 0) is 38.0 Å². The molecule has 0 bridgehead atoms. The Morgan fingerprint density at radius 2 is 2.13 bits per heavy atom. The fraction of sp³-hybridized carbons (Fsp3) is 0.478. The minimum Gasteiger partial charge on any atom is -0.493 e. The number of ether oxygens (including phenoxy) is 3. The summed E-state index contributed by atoms with van der Waals surface area (Å²) in [5.74, 6) is 2.70. The molecule has 3 rings (SSSR count). The molecular formula is C23H33IN4O3. The summed E-state index contributed by atoms with van der Waals surface area (Å²) < 4.78 is 16.8. The molecule has 31 heavy (non-hydrogen) atoms. The standard InChI is InChI=1S/C23H32N4O3.HI/c1-4-24-23(26-14-20-6-5-7-22(27-20)28-3)25-13-19-9-8-17(2)12-21(19)30-16-18-10-11-29-15-18;/h5-9,12,18H,4,10-11,13-16H2,1-3H3,(H2,24,25,26);1H. The van der Waals surface area contributed by atoms with Crippen molar-refractivity contribution in [3.05, 3.63) is 53.2 Å². The van der Waals surface area contributed by atoms with Crippen LogP contribution in [0.3, 0.4) is 0 Å². The first-order valence-corrected chi connectivity index (χ1v) is 10.5. The number of halogens is 1. The highest BCUT2D eigenvalue weighted by atomic mass is 127. The third-order valence-electron chi connectivity index (χ3n) is 4.90. The molecule has 2 N–H and O–H groups in total. The van der Waals surface area contributed by atoms with Gasteiger partial charge < -0.3 is 24.8 Å². The highest BCUT2D eigenvalue weighted by molar-refractivity contribution is 14.0. The molecule has 0 amide bonds. The van der Waals surface area contributed by atoms with Crippen molar-refractivity contribution in [2.45, 2.75) is 33.4 Å². The Morgan fingerprint density at radius 3 is 2.87 bits per heavy atom. The van der Waals surface area contributed by atoms with E-state index in [2.05, 4.69) is 40.7 Å². The highest BCUT2D eigenvalue weighted by Gasteiger charge is 2.17. The summed E-state index contributed by atoms with van der Waals surface area (Å²) >= 11 is 0. The summed E-state index contributed by atoms with van der Waals surface area (Å²) in [6.45, 7) is 8.28. The van der Waals surface area contributed by atoms with Crippen molar-refractivity contribution in [2.24, 2.45) is 10.9 Å². The molecule has 0 spiro atoms. The average molecular weight is 540 g/mol. The minimum atomic E-state index is 0. The lowest BCUT2D eigenvalue weighted by Crippen LogP contribution is -2.37. The van der Waals surface area contributed by atoms with Gasteiger partial charge in [0.15, 0.2) is 5.96 Å². The second kappa shape index (κ2) is 13.4. The number of methoxy groups -OCH3 is 1. The minimum absolute atomic E-state index is 0. The molecule has 0 radical (unpaired) electrons. The topological polar surface area (TPSA) is 77.0 Å². The fourth-order valence-electron chi connectivity index (χ4n) is 3.20. The third-order valence-corrected chi connectivity index (χ3v) is 4.90. The quantitative estimate of drug-likeness (QED) is 0.287. The van der Waals surface area contributed by atoms with Gasteiger partial charge in [0.25, 0.3) is 0 Å². The van der Waals surface area contributed by atoms with Crippen molar-refractivity contribution < 1.29 is 14.2 Å². The van der Waals surface area contributed by atoms with E-state index in [4.69, 9.17) is 19.2 Å². The molecule has 1 aromatic carbocycles. The zero-order chi connectivity index (χ0) is 21.2. The van der Waals surface area contributed by atoms with Crippen molar-refractivity contribution in [3.8, 4) is 11.6 Å². The first-order valence-electron chi connectivity index (χ1n) is 10.5. The van der Waals surface area contributed by atoms with Gasteiger partial charge in [0.2, 0.25) is 5.88 Å². The van der Waals surface area contributed by atoms with Crippen molar-refractivity contribution in [3.63, 3.8) is 0 Å². The summed E-state index contributed by atoms with van der Waals surface area (Å²) in [7, 11) is 1.62. The maximum absolute atomic E-state index is 6.14. The van der Waals surface area contributed by atoms with Crippen molar-refractivity contribution in [1.82, 2.24) is 15.6 Å². The summed E-state index contributed by atoms with van der Waals surface area (Å²) in [6.07, 6.45) is 1.06. The largest absolute Gasteiger partial charge is 0.493 e. The molecule has 170 valence electrons. The molecule has 8 heteroatoms. The zero-order valence-electron chi connectivity index (χ0n) is 18.5. The Bertz CT molecular complexity index is 841. The lowest BCUT2D eigenvalue weighted by Gasteiger charge is -2.15. The molecule has 1 unspecified atom stereocenters. The number of rotatable bonds is 9. The van der Waals surface area contributed by atoms with Crippen LogP contribution in [0.4, 0.5) is 0 Å². The second-order valence-electron chi connectivity index (χ2n) is 7.37. The monoisotopic (exact) mass is 540 g/mol. The van der Waals surface area contributed by atoms with E-state index in [0.29, 0.717) is 31.5 Å². The summed E-state index contributed by atoms with van der Waals surface area (Å²) in [6, 6.07) is 12.0. The smallest absolute Gasteiger partial charge is 0.213 e. The third kappa shape index (κ3) is 8.17. The number of nitrogens with one attached hydrogen (secondary N) is 2. The van der Waals surface area contributed by atoms with Crippen LogP contribution in [0.2, 0.25) is 0 Å². The van der Waals surface area contributed by atoms with Gasteiger partial charge in [-0.2, -0.15) is 0 Å². The van der Waals surface area contributed by atoms with E-state index in [0.717, 1.165) is 49.1 Å². The number of hydrogen-bond donors (Lipinski definition) is 2. The number of aliphatic imine (C=N–C) groups is 1. The Kier molecular flexibility index (Phi) is 10.9. The Morgan fingerprint density at radius 1 is 1.26 bits per heavy atom. The SMILES string of the molecule is CCNC(=NCc1ccc(C)cc1OCC1CCOC1)NCc1cccc(OC)n1.I. The van der Waals surface area contributed by atoms with Crippen molar-refractivity contribution in [1.29, 1.82) is 0 Å². The van der Waals surface area contributed by atoms with E-state index in [-0.39, 0.29) is 24.0 Å². The van der Waals surface area contributed by atoms with Gasteiger partial charge in [-0.15, -0.1) is 24.0 Å². The zero-order valence-corrected chi connectivity index (χ0v) is 20.8. The van der Waals surface area contributed by atoms with Gasteiger partial charge in [-0.1, -0.05) is 18.2 Å². The number of pyridine rings is 1. The maximum atomic E-state index is 6.14. The van der Waals surface area contributed by atoms with E-state index in [9.17, 15) is 0 Å². The van der Waals surface area contributed by atoms with Crippen LogP contribution >= 0.6 is 24.0 Å². The van der Waals surface area contributed by atoms with Gasteiger partial charge in [-0.3, -0.25) is 0 Å². The van der Waals surface area contributed by atoms with Gasteiger partial charge in [0.05, 0.1) is 39.1 Å². The van der Waals surface area contributed by atoms with Crippen LogP contribution in [0.25, 0.3) is 0 Å². The summed E-state index contributed by atoms with van der Waals surface area (Å²) in [4.78, 5) is 9.17. The average Bonchev–Trinajstić information content (AvgIpc) is 3.29. The molecule has 0 saturated carbocycles. The Labute approximate surface area is 202 Å². The van der Waals surface area contributed by atoms with Gasteiger partial charge in [0, 0.05) is 30.7 Å². The van der Waals surface area contributed by atoms with Crippen LogP contribution in [0.1, 0.15) is 30.2 Å². The summed E-state index contributed by atoms with van der Waals surface area (Å²) in [5.41, 5.74) is 3.13. The lowest BCUT2D eigenvalue weighted by atomic mass is 10.1. The first-order chi connectivity index (χ1) is 14.7. The van der Waals surface area contributed by atoms with Crippen LogP contribution < -0.4 is 20.1 Å². The number of guanidine groups is 1. The molecule has 2 heterocycles. The van der Waals surface area contributed by atoms with Crippen LogP contribution in [-0.4, -0.2) is 44.4 Å². The molecular weight excluding hydrogens is 507 g/mol. The predicted octanol–water partition coefficient (Wildman–Crippen LogP) is 3.69. The molecule has 7 nitrogen and oxygen atoms in total. The molecule has 2 aromatic rings. The fourth-order valence-corrected chi connectivity index (χ4v) is 3.20. The summed E-state index contributed by atoms with van der Waals surface area (Å²) in [5, 5.41) is 6.61. The van der Waals surface area contributed by atoms with Crippen LogP contribution in [0.5, 0.6) is 11.6 Å². The molecule has 1 atom stereocenters. The van der Waals surface area contributed by atoms with Gasteiger partial charge >= 0.3 is 0 Å². The number of aromatic nitrogens is 1. The molecule has 1 saturated heterocycles. The number of hydrogen-bond acceptors (Lipinski definition) is 5. The normalized spacial score (nSPS) is 15.8. The van der Waals surface area contributed by atoms with E-state index in [1.165, 1.54) is 5.56 Å². The van der Waals surface area contributed by atoms with E-state index >= 15 is 0 Å². The number of nitrogens with zero attached hydrogens (tertiary/aromatic N) is 2. The van der Waals surface area contributed by atoms with Crippen LogP contribution in [-0.2, 0) is 17.8 Å². The molecule has 0 aliphatic carbocycles. The molecule has 1 aliphatic rings. The van der Waals surface area contributed by atoms with Crippen molar-refractivity contribution in [2.75, 3.05) is 33.5 Å². The Hall–Kier alpha value is -2.07. The molecule has 1 fully saturated rings. The highest BCUT2D eigenvalue weighted by Crippen LogP contribution is 2.23. The second-order valence-corrected chi connectivity index (χ2v) is 7.37. The van der Waals surface area contributed by atoms with E-state index in [1.54, 1.807) is 7.11 Å². The molecule has 1 aromatic heterocycles. The van der Waals surface area contributed by atoms with Crippen LogP contribution in [0, 0.1) is 12.8 Å². The molecule has 1 aliphatic heterocycles. The first kappa shape index (κ1) is 25.2. The van der Waals surface area contributed by atoms with E-state index in [1.807, 2.05) is 25.1 Å². The lowest BCUT2D eigenvalue weighted by molar-refractivity contribution is 0.166. The Balaban J connectivity index is 0.00000341. The van der Waals surface area contributed by atoms with Crippen LogP contribution in [0.15, 0.2) is 41.4 Å². The van der Waals surface area contributed by atoms with Crippen molar-refractivity contribution >= 4 is 29.9 Å². The van der Waals surface area contributed by atoms with Gasteiger partial charge in [0.1, 0.15) is 5.75 Å². The van der Waals surface area contributed by atoms with E-state index < -0.39 is 0 Å². The van der Waals surface area contributed by atoms with Gasteiger partial charge in [-0.25, -0.2) is 9.98 Å². The predicted molar refractivity (Wildman–Crippen MR) is 133 cm³/mol. The number of aryl methyl sites for hydroxylation is 1. The number of benzene rings is 1.